The van der Waals surface area contributed by atoms with Crippen molar-refractivity contribution in [3.8, 4) is 10.4 Å². The predicted molar refractivity (Wildman–Crippen MR) is 95.8 cm³/mol. The van der Waals surface area contributed by atoms with Gasteiger partial charge in [0.1, 0.15) is 0 Å². The van der Waals surface area contributed by atoms with Crippen LogP contribution in [0.2, 0.25) is 10.0 Å². The van der Waals surface area contributed by atoms with Gasteiger partial charge in [0, 0.05) is 0 Å². The number of halogens is 2. The van der Waals surface area contributed by atoms with Gasteiger partial charge in [0.25, 0.3) is 0 Å². The molecule has 0 fully saturated rings. The quantitative estimate of drug-likeness (QED) is 0.677. The summed E-state index contributed by atoms with van der Waals surface area (Å²) in [7, 11) is 0. The standard InChI is InChI=1S/C17H14Cl2N2S/c18-13-8-7-12(10-14(13)19)16-15(21-17(20)22-16)9-6-11-4-2-1-3-5-11/h1-5,7-8,10H,6,9H2,(H2,20,21). The molecule has 2 aromatic carbocycles. The molecule has 0 radical (unpaired) electrons. The zero-order valence-electron chi connectivity index (χ0n) is 11.7. The molecule has 0 amide bonds. The fourth-order valence-corrected chi connectivity index (χ4v) is 3.48. The highest BCUT2D eigenvalue weighted by Crippen LogP contribution is 2.35. The molecule has 0 saturated carbocycles. The highest BCUT2D eigenvalue weighted by atomic mass is 35.5. The van der Waals surface area contributed by atoms with Crippen LogP contribution in [0.4, 0.5) is 5.13 Å². The monoisotopic (exact) mass is 348 g/mol. The van der Waals surface area contributed by atoms with Gasteiger partial charge in [0.2, 0.25) is 0 Å². The van der Waals surface area contributed by atoms with E-state index in [2.05, 4.69) is 17.1 Å². The van der Waals surface area contributed by atoms with Crippen molar-refractivity contribution in [1.82, 2.24) is 4.98 Å². The van der Waals surface area contributed by atoms with Crippen LogP contribution in [0.3, 0.4) is 0 Å². The normalized spacial score (nSPS) is 10.8. The van der Waals surface area contributed by atoms with Crippen molar-refractivity contribution < 1.29 is 0 Å². The maximum Gasteiger partial charge on any atom is 0.180 e. The zero-order chi connectivity index (χ0) is 15.5. The molecule has 0 unspecified atom stereocenters. The average Bonchev–Trinajstić information content (AvgIpc) is 2.90. The summed E-state index contributed by atoms with van der Waals surface area (Å²) in [4.78, 5) is 5.54. The van der Waals surface area contributed by atoms with Crippen LogP contribution in [0.15, 0.2) is 48.5 Å². The number of aromatic nitrogens is 1. The average molecular weight is 349 g/mol. The second-order valence-electron chi connectivity index (χ2n) is 4.94. The summed E-state index contributed by atoms with van der Waals surface area (Å²) in [5.41, 5.74) is 9.20. The Balaban J connectivity index is 1.87. The van der Waals surface area contributed by atoms with E-state index in [4.69, 9.17) is 28.9 Å². The van der Waals surface area contributed by atoms with E-state index in [1.54, 1.807) is 6.07 Å². The number of benzene rings is 2. The molecule has 0 atom stereocenters. The molecular weight excluding hydrogens is 335 g/mol. The molecule has 5 heteroatoms. The molecule has 2 nitrogen and oxygen atoms in total. The largest absolute Gasteiger partial charge is 0.375 e. The van der Waals surface area contributed by atoms with E-state index in [1.807, 2.05) is 30.3 Å². The molecule has 22 heavy (non-hydrogen) atoms. The van der Waals surface area contributed by atoms with E-state index in [0.29, 0.717) is 15.2 Å². The van der Waals surface area contributed by atoms with Gasteiger partial charge in [0.15, 0.2) is 5.13 Å². The van der Waals surface area contributed by atoms with Crippen LogP contribution in [-0.2, 0) is 12.8 Å². The first-order valence-electron chi connectivity index (χ1n) is 6.88. The Bertz CT molecular complexity index is 785. The Kier molecular flexibility index (Phi) is 4.67. The van der Waals surface area contributed by atoms with Crippen LogP contribution < -0.4 is 5.73 Å². The van der Waals surface area contributed by atoms with Crippen molar-refractivity contribution in [2.45, 2.75) is 12.8 Å². The number of aryl methyl sites for hydroxylation is 2. The Hall–Kier alpha value is -1.55. The molecule has 1 aromatic heterocycles. The van der Waals surface area contributed by atoms with E-state index in [0.717, 1.165) is 29.0 Å². The van der Waals surface area contributed by atoms with E-state index >= 15 is 0 Å². The highest BCUT2D eigenvalue weighted by Gasteiger charge is 2.13. The summed E-state index contributed by atoms with van der Waals surface area (Å²) >= 11 is 13.6. The van der Waals surface area contributed by atoms with Crippen molar-refractivity contribution in [2.75, 3.05) is 5.73 Å². The number of anilines is 1. The van der Waals surface area contributed by atoms with E-state index in [9.17, 15) is 0 Å². The van der Waals surface area contributed by atoms with Gasteiger partial charge in [-0.2, -0.15) is 0 Å². The van der Waals surface area contributed by atoms with Crippen molar-refractivity contribution >= 4 is 39.7 Å². The van der Waals surface area contributed by atoms with Crippen molar-refractivity contribution in [2.24, 2.45) is 0 Å². The lowest BCUT2D eigenvalue weighted by molar-refractivity contribution is 0.929. The summed E-state index contributed by atoms with van der Waals surface area (Å²) in [5.74, 6) is 0. The maximum absolute atomic E-state index is 6.12. The van der Waals surface area contributed by atoms with Crippen LogP contribution in [0.5, 0.6) is 0 Å². The third-order valence-electron chi connectivity index (χ3n) is 3.39. The first-order chi connectivity index (χ1) is 10.6. The molecule has 3 rings (SSSR count). The minimum atomic E-state index is 0.542. The zero-order valence-corrected chi connectivity index (χ0v) is 14.1. The Morgan fingerprint density at radius 2 is 1.73 bits per heavy atom. The topological polar surface area (TPSA) is 38.9 Å². The fourth-order valence-electron chi connectivity index (χ4n) is 2.31. The highest BCUT2D eigenvalue weighted by molar-refractivity contribution is 7.18. The molecule has 0 saturated heterocycles. The van der Waals surface area contributed by atoms with Crippen LogP contribution in [0, 0.1) is 0 Å². The molecule has 2 N–H and O–H groups in total. The van der Waals surface area contributed by atoms with Crippen molar-refractivity contribution in [1.29, 1.82) is 0 Å². The van der Waals surface area contributed by atoms with Gasteiger partial charge < -0.3 is 5.73 Å². The number of nitrogens with two attached hydrogens (primary N) is 1. The molecule has 112 valence electrons. The van der Waals surface area contributed by atoms with Crippen LogP contribution in [0.25, 0.3) is 10.4 Å². The Labute approximate surface area is 143 Å². The van der Waals surface area contributed by atoms with E-state index in [-0.39, 0.29) is 0 Å². The summed E-state index contributed by atoms with van der Waals surface area (Å²) in [6.07, 6.45) is 1.77. The number of hydrogen-bond donors (Lipinski definition) is 1. The molecule has 0 aliphatic carbocycles. The Morgan fingerprint density at radius 3 is 2.45 bits per heavy atom. The number of rotatable bonds is 4. The lowest BCUT2D eigenvalue weighted by Crippen LogP contribution is -1.94. The van der Waals surface area contributed by atoms with Crippen LogP contribution in [0.1, 0.15) is 11.3 Å². The second kappa shape index (κ2) is 6.69. The molecule has 0 spiro atoms. The number of nitrogens with zero attached hydrogens (tertiary/aromatic N) is 1. The minimum absolute atomic E-state index is 0.542. The molecule has 3 aromatic rings. The first kappa shape index (κ1) is 15.3. The van der Waals surface area contributed by atoms with Gasteiger partial charge in [-0.25, -0.2) is 4.98 Å². The molecule has 1 heterocycles. The summed E-state index contributed by atoms with van der Waals surface area (Å²) in [6.45, 7) is 0. The molecule has 0 aliphatic heterocycles. The summed E-state index contributed by atoms with van der Waals surface area (Å²) in [5, 5.41) is 1.66. The summed E-state index contributed by atoms with van der Waals surface area (Å²) in [6, 6.07) is 16.0. The minimum Gasteiger partial charge on any atom is -0.375 e. The lowest BCUT2D eigenvalue weighted by Gasteiger charge is -2.04. The van der Waals surface area contributed by atoms with Gasteiger partial charge in [-0.05, 0) is 36.1 Å². The van der Waals surface area contributed by atoms with E-state index < -0.39 is 0 Å². The van der Waals surface area contributed by atoms with Gasteiger partial charge in [-0.1, -0.05) is 70.9 Å². The predicted octanol–water partition coefficient (Wildman–Crippen LogP) is 5.48. The maximum atomic E-state index is 6.12. The van der Waals surface area contributed by atoms with Crippen molar-refractivity contribution in [3.05, 3.63) is 69.8 Å². The van der Waals surface area contributed by atoms with Gasteiger partial charge in [0.05, 0.1) is 20.6 Å². The SMILES string of the molecule is Nc1nc(CCc2ccccc2)c(-c2ccc(Cl)c(Cl)c2)s1. The number of hydrogen-bond acceptors (Lipinski definition) is 3. The van der Waals surface area contributed by atoms with Gasteiger partial charge in [-0.15, -0.1) is 0 Å². The Morgan fingerprint density at radius 1 is 0.955 bits per heavy atom. The molecule has 0 aliphatic rings. The van der Waals surface area contributed by atoms with Crippen molar-refractivity contribution in [3.63, 3.8) is 0 Å². The third-order valence-corrected chi connectivity index (χ3v) is 5.10. The fraction of sp³-hybridized carbons (Fsp3) is 0.118. The van der Waals surface area contributed by atoms with Crippen LogP contribution >= 0.6 is 34.5 Å². The number of nitrogen functional groups attached to an aromatic ring is 1. The molecular formula is C17H14Cl2N2S. The lowest BCUT2D eigenvalue weighted by atomic mass is 10.1. The van der Waals surface area contributed by atoms with E-state index in [1.165, 1.54) is 16.9 Å². The third kappa shape index (κ3) is 3.43. The molecule has 0 bridgehead atoms. The first-order valence-corrected chi connectivity index (χ1v) is 8.45. The smallest absolute Gasteiger partial charge is 0.180 e. The van der Waals surface area contributed by atoms with Gasteiger partial charge >= 0.3 is 0 Å². The second-order valence-corrected chi connectivity index (χ2v) is 6.79. The van der Waals surface area contributed by atoms with Crippen LogP contribution in [-0.4, -0.2) is 4.98 Å². The van der Waals surface area contributed by atoms with Gasteiger partial charge in [-0.3, -0.25) is 0 Å². The number of thiazole rings is 1. The summed E-state index contributed by atoms with van der Waals surface area (Å²) < 4.78 is 0.